The molecule has 212 valence electrons. The van der Waals surface area contributed by atoms with E-state index in [-0.39, 0.29) is 36.3 Å². The van der Waals surface area contributed by atoms with Crippen molar-refractivity contribution in [1.82, 2.24) is 10.2 Å². The topological polar surface area (TPSA) is 114 Å². The van der Waals surface area contributed by atoms with Crippen LogP contribution in [-0.4, -0.2) is 41.7 Å². The van der Waals surface area contributed by atoms with E-state index in [0.717, 1.165) is 43.4 Å². The van der Waals surface area contributed by atoms with Gasteiger partial charge in [0.15, 0.2) is 0 Å². The van der Waals surface area contributed by atoms with Gasteiger partial charge in [0.1, 0.15) is 5.75 Å². The lowest BCUT2D eigenvalue weighted by atomic mass is 9.71. The van der Waals surface area contributed by atoms with Crippen molar-refractivity contribution >= 4 is 23.5 Å². The molecule has 0 aromatic heterocycles. The van der Waals surface area contributed by atoms with Gasteiger partial charge < -0.3 is 26.0 Å². The second-order valence-corrected chi connectivity index (χ2v) is 10.8. The first-order valence-electron chi connectivity index (χ1n) is 12.8. The highest BCUT2D eigenvalue weighted by Crippen LogP contribution is 2.39. The van der Waals surface area contributed by atoms with E-state index in [1.54, 1.807) is 29.2 Å². The van der Waals surface area contributed by atoms with E-state index >= 15 is 0 Å². The number of carbonyl (C=O) groups is 3. The number of nitrogens with one attached hydrogen (secondary N) is 2. The molecule has 0 heterocycles. The Kier molecular flexibility index (Phi) is 9.47. The summed E-state index contributed by atoms with van der Waals surface area (Å²) < 4.78 is 41.3. The molecule has 3 rings (SSSR count). The molecule has 0 aliphatic heterocycles. The van der Waals surface area contributed by atoms with Gasteiger partial charge in [-0.05, 0) is 79.0 Å². The quantitative estimate of drug-likeness (QED) is 0.408. The Balaban J connectivity index is 1.74. The van der Waals surface area contributed by atoms with Gasteiger partial charge in [-0.2, -0.15) is 0 Å². The lowest BCUT2D eigenvalue weighted by Crippen LogP contribution is -2.45. The van der Waals surface area contributed by atoms with Gasteiger partial charge in [0, 0.05) is 23.8 Å². The van der Waals surface area contributed by atoms with E-state index in [1.807, 2.05) is 0 Å². The Labute approximate surface area is 226 Å². The number of rotatable bonds is 8. The Bertz CT molecular complexity index is 1140. The highest BCUT2D eigenvalue weighted by molar-refractivity contribution is 5.96. The fourth-order valence-electron chi connectivity index (χ4n) is 4.78. The summed E-state index contributed by atoms with van der Waals surface area (Å²) in [5, 5.41) is 5.22. The molecule has 11 heteroatoms. The highest BCUT2D eigenvalue weighted by atomic mass is 19.4. The van der Waals surface area contributed by atoms with E-state index in [4.69, 9.17) is 5.73 Å². The predicted octanol–water partition coefficient (Wildman–Crippen LogP) is 5.44. The summed E-state index contributed by atoms with van der Waals surface area (Å²) in [7, 11) is 0. The average molecular weight is 549 g/mol. The van der Waals surface area contributed by atoms with Crippen LogP contribution in [0.5, 0.6) is 5.75 Å². The van der Waals surface area contributed by atoms with Crippen molar-refractivity contribution in [3.8, 4) is 5.75 Å². The zero-order chi connectivity index (χ0) is 28.8. The number of hydrogen-bond donors (Lipinski definition) is 3. The fourth-order valence-corrected chi connectivity index (χ4v) is 4.78. The summed E-state index contributed by atoms with van der Waals surface area (Å²) in [5.41, 5.74) is 6.72. The number of carbonyl (C=O) groups excluding carboxylic acids is 3. The Morgan fingerprint density at radius 3 is 2.05 bits per heavy atom. The molecule has 4 amide bonds. The van der Waals surface area contributed by atoms with E-state index in [9.17, 15) is 27.6 Å². The van der Waals surface area contributed by atoms with Crippen molar-refractivity contribution in [1.29, 1.82) is 0 Å². The summed E-state index contributed by atoms with van der Waals surface area (Å²) in [5.74, 6) is -0.922. The van der Waals surface area contributed by atoms with Gasteiger partial charge in [0.2, 0.25) is 5.91 Å². The van der Waals surface area contributed by atoms with Crippen LogP contribution in [-0.2, 0) is 11.3 Å². The summed E-state index contributed by atoms with van der Waals surface area (Å²) >= 11 is 0. The molecule has 0 unspecified atom stereocenters. The summed E-state index contributed by atoms with van der Waals surface area (Å²) in [6, 6.07) is 11.3. The Hall–Kier alpha value is -3.76. The Morgan fingerprint density at radius 2 is 1.54 bits per heavy atom. The molecule has 0 saturated heterocycles. The maximum absolute atomic E-state index is 13.4. The maximum atomic E-state index is 13.4. The molecule has 1 saturated carbocycles. The van der Waals surface area contributed by atoms with Crippen LogP contribution in [0.25, 0.3) is 0 Å². The minimum absolute atomic E-state index is 0.0324. The van der Waals surface area contributed by atoms with Crippen molar-refractivity contribution in [3.05, 3.63) is 59.7 Å². The first-order valence-corrected chi connectivity index (χ1v) is 12.8. The number of urea groups is 1. The molecular weight excluding hydrogens is 513 g/mol. The molecule has 1 aliphatic carbocycles. The van der Waals surface area contributed by atoms with Crippen LogP contribution >= 0.6 is 0 Å². The summed E-state index contributed by atoms with van der Waals surface area (Å²) in [4.78, 5) is 38.3. The van der Waals surface area contributed by atoms with E-state index in [0.29, 0.717) is 17.2 Å². The molecule has 2 aromatic rings. The lowest BCUT2D eigenvalue weighted by Gasteiger charge is -2.41. The molecular formula is C28H35F3N4O4. The third-order valence-electron chi connectivity index (χ3n) is 6.95. The molecule has 4 N–H and O–H groups in total. The van der Waals surface area contributed by atoms with Crippen molar-refractivity contribution in [2.45, 2.75) is 65.4 Å². The standard InChI is InChI=1S/C28H35F3N4O4/c1-27(2,3)20-8-12-22(13-9-20)35(17-18-4-6-19(7-5-18)25(37)33-16-24(32)36)26(38)34-21-10-14-23(15-11-21)39-28(29,30)31/h4-7,10-11,14-15,20,22H,8-9,12-13,16-17H2,1-3H3,(H2,32,36)(H,33,37)(H,34,38). The van der Waals surface area contributed by atoms with Gasteiger partial charge in [-0.25, -0.2) is 4.79 Å². The second kappa shape index (κ2) is 12.4. The molecule has 2 aromatic carbocycles. The van der Waals surface area contributed by atoms with Crippen molar-refractivity contribution in [3.63, 3.8) is 0 Å². The van der Waals surface area contributed by atoms with Crippen LogP contribution in [0.1, 0.15) is 62.4 Å². The molecule has 0 atom stereocenters. The molecule has 0 spiro atoms. The SMILES string of the molecule is CC(C)(C)C1CCC(N(Cc2ccc(C(=O)NCC(N)=O)cc2)C(=O)Nc2ccc(OC(F)(F)F)cc2)CC1. The van der Waals surface area contributed by atoms with Gasteiger partial charge in [-0.3, -0.25) is 9.59 Å². The fraction of sp³-hybridized carbons (Fsp3) is 0.464. The van der Waals surface area contributed by atoms with Gasteiger partial charge >= 0.3 is 12.4 Å². The Morgan fingerprint density at radius 1 is 0.949 bits per heavy atom. The molecule has 0 bridgehead atoms. The maximum Gasteiger partial charge on any atom is 0.573 e. The zero-order valence-electron chi connectivity index (χ0n) is 22.3. The monoisotopic (exact) mass is 548 g/mol. The van der Waals surface area contributed by atoms with Crippen LogP contribution in [0.15, 0.2) is 48.5 Å². The number of alkyl halides is 3. The van der Waals surface area contributed by atoms with Crippen LogP contribution in [0.3, 0.4) is 0 Å². The van der Waals surface area contributed by atoms with Crippen molar-refractivity contribution < 1.29 is 32.3 Å². The average Bonchev–Trinajstić information content (AvgIpc) is 2.86. The summed E-state index contributed by atoms with van der Waals surface area (Å²) in [6.45, 7) is 6.66. The minimum atomic E-state index is -4.80. The zero-order valence-corrected chi connectivity index (χ0v) is 22.3. The molecule has 1 aliphatic rings. The molecule has 8 nitrogen and oxygen atoms in total. The number of nitrogens with zero attached hydrogens (tertiary/aromatic N) is 1. The number of benzene rings is 2. The largest absolute Gasteiger partial charge is 0.573 e. The predicted molar refractivity (Wildman–Crippen MR) is 141 cm³/mol. The second-order valence-electron chi connectivity index (χ2n) is 10.8. The van der Waals surface area contributed by atoms with Crippen LogP contribution in [0, 0.1) is 11.3 Å². The third kappa shape index (κ3) is 9.19. The number of nitrogens with two attached hydrogens (primary N) is 1. The number of hydrogen-bond acceptors (Lipinski definition) is 4. The molecule has 0 radical (unpaired) electrons. The lowest BCUT2D eigenvalue weighted by molar-refractivity contribution is -0.274. The highest BCUT2D eigenvalue weighted by Gasteiger charge is 2.34. The van der Waals surface area contributed by atoms with Gasteiger partial charge in [0.05, 0.1) is 6.54 Å². The van der Waals surface area contributed by atoms with Gasteiger partial charge in [-0.1, -0.05) is 32.9 Å². The first-order chi connectivity index (χ1) is 18.2. The minimum Gasteiger partial charge on any atom is -0.406 e. The molecule has 39 heavy (non-hydrogen) atoms. The van der Waals surface area contributed by atoms with Crippen LogP contribution < -0.4 is 21.1 Å². The van der Waals surface area contributed by atoms with E-state index in [2.05, 4.69) is 36.1 Å². The van der Waals surface area contributed by atoms with Crippen molar-refractivity contribution in [2.24, 2.45) is 17.1 Å². The van der Waals surface area contributed by atoms with Gasteiger partial charge in [0.25, 0.3) is 5.91 Å². The first kappa shape index (κ1) is 29.8. The van der Waals surface area contributed by atoms with E-state index < -0.39 is 18.2 Å². The van der Waals surface area contributed by atoms with E-state index in [1.165, 1.54) is 12.1 Å². The smallest absolute Gasteiger partial charge is 0.406 e. The van der Waals surface area contributed by atoms with Crippen LogP contribution in [0.4, 0.5) is 23.7 Å². The molecule has 1 fully saturated rings. The summed E-state index contributed by atoms with van der Waals surface area (Å²) in [6.07, 6.45) is -1.21. The number of primary amides is 1. The number of ether oxygens (including phenoxy) is 1. The number of anilines is 1. The van der Waals surface area contributed by atoms with Gasteiger partial charge in [-0.15, -0.1) is 13.2 Å². The third-order valence-corrected chi connectivity index (χ3v) is 6.95. The number of amides is 4. The number of halogens is 3. The van der Waals surface area contributed by atoms with Crippen LogP contribution in [0.2, 0.25) is 0 Å². The van der Waals surface area contributed by atoms with Crippen molar-refractivity contribution in [2.75, 3.05) is 11.9 Å². The normalized spacial score (nSPS) is 17.7.